The molecule has 0 fully saturated rings. The normalized spacial score (nSPS) is 14.5. The summed E-state index contributed by atoms with van der Waals surface area (Å²) in [6.45, 7) is 9.78. The van der Waals surface area contributed by atoms with Crippen molar-refractivity contribution in [3.8, 4) is 0 Å². The first-order valence-electron chi connectivity index (χ1n) is 5.60. The van der Waals surface area contributed by atoms with Gasteiger partial charge in [-0.05, 0) is 18.1 Å². The molecule has 1 atom stereocenters. The van der Waals surface area contributed by atoms with E-state index in [4.69, 9.17) is 0 Å². The molecule has 0 saturated carbocycles. The third-order valence-corrected chi connectivity index (χ3v) is 4.62. The highest BCUT2D eigenvalue weighted by molar-refractivity contribution is 7.80. The zero-order valence-corrected chi connectivity index (χ0v) is 11.7. The second-order valence-corrected chi connectivity index (χ2v) is 11.2. The molecule has 13 heavy (non-hydrogen) atoms. The van der Waals surface area contributed by atoms with Gasteiger partial charge >= 0.3 is 0 Å². The van der Waals surface area contributed by atoms with Crippen molar-refractivity contribution in [1.29, 1.82) is 0 Å². The van der Waals surface area contributed by atoms with E-state index in [1.165, 1.54) is 31.7 Å². The number of hydrogen-bond donors (Lipinski definition) is 1. The summed E-state index contributed by atoms with van der Waals surface area (Å²) in [6.07, 6.45) is 5.48. The number of thiol groups is 1. The summed E-state index contributed by atoms with van der Waals surface area (Å²) in [5, 5.41) is 0. The van der Waals surface area contributed by atoms with Gasteiger partial charge in [-0.1, -0.05) is 51.9 Å². The molecule has 0 nitrogen and oxygen atoms in total. The fraction of sp³-hybridized carbons (Fsp3) is 1.00. The molecule has 0 aliphatic rings. The molecule has 0 spiro atoms. The van der Waals surface area contributed by atoms with Crippen LogP contribution < -0.4 is 0 Å². The van der Waals surface area contributed by atoms with Crippen LogP contribution in [0.4, 0.5) is 0 Å². The Hall–Kier alpha value is 0.567. The molecule has 0 radical (unpaired) electrons. The lowest BCUT2D eigenvalue weighted by Crippen LogP contribution is -2.23. The van der Waals surface area contributed by atoms with Crippen LogP contribution in [-0.2, 0) is 0 Å². The highest BCUT2D eigenvalue weighted by Gasteiger charge is 2.18. The van der Waals surface area contributed by atoms with E-state index < -0.39 is 8.07 Å². The lowest BCUT2D eigenvalue weighted by Gasteiger charge is -2.23. The summed E-state index contributed by atoms with van der Waals surface area (Å²) in [7, 11) is -0.821. The summed E-state index contributed by atoms with van der Waals surface area (Å²) in [4.78, 5) is 0. The highest BCUT2D eigenvalue weighted by atomic mass is 32.1. The van der Waals surface area contributed by atoms with E-state index in [2.05, 4.69) is 39.2 Å². The molecule has 1 unspecified atom stereocenters. The van der Waals surface area contributed by atoms with E-state index in [9.17, 15) is 0 Å². The Balaban J connectivity index is 3.63. The van der Waals surface area contributed by atoms with Crippen molar-refractivity contribution in [3.05, 3.63) is 0 Å². The Bertz CT molecular complexity index is 118. The van der Waals surface area contributed by atoms with E-state index in [1.807, 2.05) is 0 Å². The lowest BCUT2D eigenvalue weighted by atomic mass is 10.0. The largest absolute Gasteiger partial charge is 0.179 e. The maximum atomic E-state index is 4.25. The number of hydrogen-bond acceptors (Lipinski definition) is 1. The van der Waals surface area contributed by atoms with E-state index in [-0.39, 0.29) is 0 Å². The zero-order valence-electron chi connectivity index (χ0n) is 9.77. The Morgan fingerprint density at radius 3 is 2.15 bits per heavy atom. The van der Waals surface area contributed by atoms with Gasteiger partial charge < -0.3 is 0 Å². The molecule has 0 rings (SSSR count). The predicted octanol–water partition coefficient (Wildman–Crippen LogP) is 4.45. The third kappa shape index (κ3) is 8.89. The van der Waals surface area contributed by atoms with E-state index >= 15 is 0 Å². The Kier molecular flexibility index (Phi) is 7.24. The predicted molar refractivity (Wildman–Crippen MR) is 69.6 cm³/mol. The minimum atomic E-state index is -0.821. The van der Waals surface area contributed by atoms with Crippen molar-refractivity contribution >= 4 is 20.7 Å². The van der Waals surface area contributed by atoms with Gasteiger partial charge in [-0.15, -0.1) is 0 Å². The van der Waals surface area contributed by atoms with Crippen LogP contribution in [0.2, 0.25) is 25.7 Å². The Morgan fingerprint density at radius 2 is 1.77 bits per heavy atom. The fourth-order valence-corrected chi connectivity index (χ4v) is 4.31. The van der Waals surface area contributed by atoms with Gasteiger partial charge in [0.25, 0.3) is 0 Å². The molecule has 0 heterocycles. The lowest BCUT2D eigenvalue weighted by molar-refractivity contribution is 0.487. The first-order valence-corrected chi connectivity index (χ1v) is 9.94. The minimum absolute atomic E-state index is 0.821. The standard InChI is InChI=1S/C11H26SSi/c1-5-11(8-6-7-9-12)10-13(2,3)4/h11-12H,5-10H2,1-4H3. The maximum Gasteiger partial charge on any atom is 0.0445 e. The summed E-state index contributed by atoms with van der Waals surface area (Å²) in [6, 6.07) is 1.51. The first-order chi connectivity index (χ1) is 5.99. The quantitative estimate of drug-likeness (QED) is 0.364. The summed E-state index contributed by atoms with van der Waals surface area (Å²) in [5.74, 6) is 2.05. The van der Waals surface area contributed by atoms with Crippen LogP contribution in [0.25, 0.3) is 0 Å². The first kappa shape index (κ1) is 13.6. The monoisotopic (exact) mass is 218 g/mol. The van der Waals surface area contributed by atoms with Gasteiger partial charge in [0.05, 0.1) is 0 Å². The summed E-state index contributed by atoms with van der Waals surface area (Å²) >= 11 is 4.25. The second kappa shape index (κ2) is 6.94. The van der Waals surface area contributed by atoms with Gasteiger partial charge in [-0.25, -0.2) is 0 Å². The topological polar surface area (TPSA) is 0 Å². The van der Waals surface area contributed by atoms with Crippen molar-refractivity contribution in [2.45, 2.75) is 58.3 Å². The van der Waals surface area contributed by atoms with Crippen LogP contribution >= 0.6 is 12.6 Å². The molecule has 0 aliphatic carbocycles. The maximum absolute atomic E-state index is 4.25. The van der Waals surface area contributed by atoms with Gasteiger partial charge in [0.2, 0.25) is 0 Å². The van der Waals surface area contributed by atoms with Crippen molar-refractivity contribution < 1.29 is 0 Å². The average Bonchev–Trinajstić information content (AvgIpc) is 2.01. The van der Waals surface area contributed by atoms with Gasteiger partial charge in [-0.3, -0.25) is 0 Å². The van der Waals surface area contributed by atoms with Crippen molar-refractivity contribution in [1.82, 2.24) is 0 Å². The molecule has 0 aromatic rings. The van der Waals surface area contributed by atoms with Crippen molar-refractivity contribution in [2.75, 3.05) is 5.75 Å². The van der Waals surface area contributed by atoms with E-state index in [0.29, 0.717) is 0 Å². The Labute approximate surface area is 90.9 Å². The second-order valence-electron chi connectivity index (χ2n) is 5.26. The average molecular weight is 218 g/mol. The van der Waals surface area contributed by atoms with Gasteiger partial charge in [0.15, 0.2) is 0 Å². The van der Waals surface area contributed by atoms with Crippen LogP contribution in [0.1, 0.15) is 32.6 Å². The minimum Gasteiger partial charge on any atom is -0.179 e. The van der Waals surface area contributed by atoms with Gasteiger partial charge in [0.1, 0.15) is 0 Å². The molecule has 0 aliphatic heterocycles. The van der Waals surface area contributed by atoms with Crippen LogP contribution in [0.15, 0.2) is 0 Å². The molecule has 0 amide bonds. The van der Waals surface area contributed by atoms with E-state index in [0.717, 1.165) is 11.7 Å². The van der Waals surface area contributed by atoms with Crippen molar-refractivity contribution in [2.24, 2.45) is 5.92 Å². The van der Waals surface area contributed by atoms with Gasteiger partial charge in [-0.2, -0.15) is 12.6 Å². The van der Waals surface area contributed by atoms with Crippen LogP contribution in [-0.4, -0.2) is 13.8 Å². The van der Waals surface area contributed by atoms with Crippen LogP contribution in [0.3, 0.4) is 0 Å². The molecule has 0 aromatic heterocycles. The molecule has 0 aromatic carbocycles. The molecule has 0 N–H and O–H groups in total. The third-order valence-electron chi connectivity index (χ3n) is 2.50. The molecule has 0 bridgehead atoms. The molecular weight excluding hydrogens is 192 g/mol. The summed E-state index contributed by atoms with van der Waals surface area (Å²) < 4.78 is 0. The summed E-state index contributed by atoms with van der Waals surface area (Å²) in [5.41, 5.74) is 0. The smallest absolute Gasteiger partial charge is 0.0445 e. The molecular formula is C11H26SSi. The number of unbranched alkanes of at least 4 members (excludes halogenated alkanes) is 1. The highest BCUT2D eigenvalue weighted by Crippen LogP contribution is 2.24. The SMILES string of the molecule is CCC(CCCCS)C[Si](C)(C)C. The molecule has 80 valence electrons. The van der Waals surface area contributed by atoms with Crippen LogP contribution in [0, 0.1) is 5.92 Å². The zero-order chi connectivity index (χ0) is 10.3. The number of rotatable bonds is 7. The molecule has 2 heteroatoms. The van der Waals surface area contributed by atoms with Crippen LogP contribution in [0.5, 0.6) is 0 Å². The fourth-order valence-electron chi connectivity index (χ4n) is 1.86. The Morgan fingerprint density at radius 1 is 1.15 bits per heavy atom. The van der Waals surface area contributed by atoms with Crippen molar-refractivity contribution in [3.63, 3.8) is 0 Å². The molecule has 0 saturated heterocycles. The van der Waals surface area contributed by atoms with Gasteiger partial charge in [0, 0.05) is 8.07 Å². The van der Waals surface area contributed by atoms with E-state index in [1.54, 1.807) is 0 Å².